The first kappa shape index (κ1) is 19.4. The maximum Gasteiger partial charge on any atom is 0.276 e. The molecule has 3 heterocycles. The zero-order valence-electron chi connectivity index (χ0n) is 16.0. The van der Waals surface area contributed by atoms with E-state index in [0.717, 1.165) is 36.5 Å². The van der Waals surface area contributed by atoms with E-state index in [-0.39, 0.29) is 5.91 Å². The fraction of sp³-hybridized carbons (Fsp3) is 0.286. The van der Waals surface area contributed by atoms with Gasteiger partial charge in [0, 0.05) is 67.3 Å². The van der Waals surface area contributed by atoms with Crippen molar-refractivity contribution in [2.24, 2.45) is 0 Å². The Morgan fingerprint density at radius 3 is 2.62 bits per heavy atom. The highest BCUT2D eigenvalue weighted by Gasteiger charge is 2.25. The van der Waals surface area contributed by atoms with Gasteiger partial charge in [-0.05, 0) is 30.3 Å². The first-order valence-electron chi connectivity index (χ1n) is 9.35. The van der Waals surface area contributed by atoms with Crippen LogP contribution in [0.25, 0.3) is 11.3 Å². The van der Waals surface area contributed by atoms with Crippen LogP contribution >= 0.6 is 11.6 Å². The van der Waals surface area contributed by atoms with Gasteiger partial charge in [-0.2, -0.15) is 0 Å². The van der Waals surface area contributed by atoms with Crippen molar-refractivity contribution in [3.8, 4) is 17.1 Å². The molecule has 0 unspecified atom stereocenters. The van der Waals surface area contributed by atoms with Crippen LogP contribution in [0.4, 0.5) is 0 Å². The molecule has 1 aliphatic heterocycles. The first-order valence-corrected chi connectivity index (χ1v) is 9.73. The van der Waals surface area contributed by atoms with Gasteiger partial charge in [-0.15, -0.1) is 0 Å². The molecule has 3 aromatic rings. The van der Waals surface area contributed by atoms with Crippen molar-refractivity contribution in [3.05, 3.63) is 65.1 Å². The summed E-state index contributed by atoms with van der Waals surface area (Å²) in [6.45, 7) is 3.49. The Morgan fingerprint density at radius 2 is 1.90 bits per heavy atom. The minimum Gasteiger partial charge on any atom is -0.496 e. The molecule has 0 atom stereocenters. The van der Waals surface area contributed by atoms with Crippen molar-refractivity contribution in [1.82, 2.24) is 19.9 Å². The third-order valence-electron chi connectivity index (χ3n) is 4.99. The molecule has 8 heteroatoms. The standard InChI is InChI=1S/C21H21ClN4O3/c1-28-19-3-2-17(22)12-16(19)14-25-8-10-26(11-9-25)21(27)18-13-20(29-24-18)15-4-6-23-7-5-15/h2-7,12-13H,8-11,14H2,1H3. The number of hydrogen-bond donors (Lipinski definition) is 0. The molecule has 7 nitrogen and oxygen atoms in total. The number of carbonyl (C=O) groups is 1. The Bertz CT molecular complexity index is 985. The molecule has 1 aliphatic rings. The van der Waals surface area contributed by atoms with E-state index in [1.807, 2.05) is 30.3 Å². The van der Waals surface area contributed by atoms with Crippen LogP contribution in [-0.4, -0.2) is 59.1 Å². The number of amides is 1. The number of ether oxygens (including phenoxy) is 1. The molecule has 0 bridgehead atoms. The van der Waals surface area contributed by atoms with Crippen LogP contribution in [-0.2, 0) is 6.54 Å². The van der Waals surface area contributed by atoms with E-state index in [1.165, 1.54) is 0 Å². The largest absolute Gasteiger partial charge is 0.496 e. The highest BCUT2D eigenvalue weighted by atomic mass is 35.5. The predicted octanol–water partition coefficient (Wildman–Crippen LogP) is 3.36. The molecule has 1 fully saturated rings. The van der Waals surface area contributed by atoms with Crippen molar-refractivity contribution < 1.29 is 14.1 Å². The molecule has 1 saturated heterocycles. The van der Waals surface area contributed by atoms with E-state index >= 15 is 0 Å². The minimum absolute atomic E-state index is 0.117. The van der Waals surface area contributed by atoms with Gasteiger partial charge in [-0.1, -0.05) is 16.8 Å². The van der Waals surface area contributed by atoms with Gasteiger partial charge in [0.25, 0.3) is 5.91 Å². The van der Waals surface area contributed by atoms with Crippen molar-refractivity contribution in [3.63, 3.8) is 0 Å². The Hall–Kier alpha value is -2.90. The number of rotatable bonds is 5. The van der Waals surface area contributed by atoms with Crippen LogP contribution in [0.1, 0.15) is 16.1 Å². The van der Waals surface area contributed by atoms with Crippen LogP contribution in [0.2, 0.25) is 5.02 Å². The summed E-state index contributed by atoms with van der Waals surface area (Å²) in [5.41, 5.74) is 2.20. The number of halogens is 1. The SMILES string of the molecule is COc1ccc(Cl)cc1CN1CCN(C(=O)c2cc(-c3ccncc3)on2)CC1. The molecule has 29 heavy (non-hydrogen) atoms. The summed E-state index contributed by atoms with van der Waals surface area (Å²) in [6.07, 6.45) is 3.35. The number of hydrogen-bond acceptors (Lipinski definition) is 6. The fourth-order valence-corrected chi connectivity index (χ4v) is 3.61. The van der Waals surface area contributed by atoms with E-state index < -0.39 is 0 Å². The third-order valence-corrected chi connectivity index (χ3v) is 5.23. The molecule has 0 aliphatic carbocycles. The highest BCUT2D eigenvalue weighted by molar-refractivity contribution is 6.30. The lowest BCUT2D eigenvalue weighted by Gasteiger charge is -2.34. The summed E-state index contributed by atoms with van der Waals surface area (Å²) < 4.78 is 10.8. The highest BCUT2D eigenvalue weighted by Crippen LogP contribution is 2.25. The Balaban J connectivity index is 1.37. The van der Waals surface area contributed by atoms with E-state index in [0.29, 0.717) is 29.6 Å². The van der Waals surface area contributed by atoms with E-state index in [1.54, 1.807) is 30.5 Å². The summed E-state index contributed by atoms with van der Waals surface area (Å²) in [6, 6.07) is 10.9. The molecular weight excluding hydrogens is 392 g/mol. The summed E-state index contributed by atoms with van der Waals surface area (Å²) in [4.78, 5) is 20.9. The molecule has 4 rings (SSSR count). The van der Waals surface area contributed by atoms with Gasteiger partial charge in [0.05, 0.1) is 7.11 Å². The number of benzene rings is 1. The fourth-order valence-electron chi connectivity index (χ4n) is 3.41. The summed E-state index contributed by atoms with van der Waals surface area (Å²) in [5.74, 6) is 1.26. The quantitative estimate of drug-likeness (QED) is 0.640. The Kier molecular flexibility index (Phi) is 5.78. The van der Waals surface area contributed by atoms with E-state index in [9.17, 15) is 4.79 Å². The molecule has 0 spiro atoms. The molecule has 1 aromatic carbocycles. The van der Waals surface area contributed by atoms with Crippen molar-refractivity contribution >= 4 is 17.5 Å². The Labute approximate surface area is 173 Å². The lowest BCUT2D eigenvalue weighted by atomic mass is 10.1. The summed E-state index contributed by atoms with van der Waals surface area (Å²) in [5, 5.41) is 4.64. The topological polar surface area (TPSA) is 71.7 Å². The average Bonchev–Trinajstić information content (AvgIpc) is 3.25. The van der Waals surface area contributed by atoms with Crippen LogP contribution in [0.3, 0.4) is 0 Å². The van der Waals surface area contributed by atoms with Gasteiger partial charge < -0.3 is 14.2 Å². The molecule has 0 radical (unpaired) electrons. The Morgan fingerprint density at radius 1 is 1.14 bits per heavy atom. The predicted molar refractivity (Wildman–Crippen MR) is 109 cm³/mol. The lowest BCUT2D eigenvalue weighted by molar-refractivity contribution is 0.0617. The third kappa shape index (κ3) is 4.41. The van der Waals surface area contributed by atoms with Gasteiger partial charge in [-0.3, -0.25) is 14.7 Å². The van der Waals surface area contributed by atoms with Crippen molar-refractivity contribution in [2.75, 3.05) is 33.3 Å². The molecule has 2 aromatic heterocycles. The van der Waals surface area contributed by atoms with E-state index in [2.05, 4.69) is 15.0 Å². The van der Waals surface area contributed by atoms with Gasteiger partial charge in [-0.25, -0.2) is 0 Å². The smallest absolute Gasteiger partial charge is 0.276 e. The van der Waals surface area contributed by atoms with Crippen LogP contribution in [0.5, 0.6) is 5.75 Å². The van der Waals surface area contributed by atoms with Gasteiger partial charge >= 0.3 is 0 Å². The normalized spacial score (nSPS) is 14.8. The molecule has 0 saturated carbocycles. The maximum absolute atomic E-state index is 12.8. The summed E-state index contributed by atoms with van der Waals surface area (Å²) >= 11 is 6.12. The van der Waals surface area contributed by atoms with Gasteiger partial charge in [0.1, 0.15) is 5.75 Å². The zero-order valence-corrected chi connectivity index (χ0v) is 16.8. The van der Waals surface area contributed by atoms with Gasteiger partial charge in [0.2, 0.25) is 0 Å². The second kappa shape index (κ2) is 8.63. The lowest BCUT2D eigenvalue weighted by Crippen LogP contribution is -2.48. The number of nitrogens with zero attached hydrogens (tertiary/aromatic N) is 4. The molecule has 0 N–H and O–H groups in total. The molecule has 150 valence electrons. The van der Waals surface area contributed by atoms with Crippen molar-refractivity contribution in [2.45, 2.75) is 6.54 Å². The average molecular weight is 413 g/mol. The number of piperazine rings is 1. The number of aromatic nitrogens is 2. The zero-order chi connectivity index (χ0) is 20.2. The number of carbonyl (C=O) groups excluding carboxylic acids is 1. The number of pyridine rings is 1. The summed E-state index contributed by atoms with van der Waals surface area (Å²) in [7, 11) is 1.65. The molecular formula is C21H21ClN4O3. The first-order chi connectivity index (χ1) is 14.1. The maximum atomic E-state index is 12.8. The minimum atomic E-state index is -0.117. The second-order valence-corrected chi connectivity index (χ2v) is 7.27. The monoisotopic (exact) mass is 412 g/mol. The molecule has 1 amide bonds. The van der Waals surface area contributed by atoms with Crippen LogP contribution in [0.15, 0.2) is 53.3 Å². The second-order valence-electron chi connectivity index (χ2n) is 6.84. The number of methoxy groups -OCH3 is 1. The van der Waals surface area contributed by atoms with Crippen molar-refractivity contribution in [1.29, 1.82) is 0 Å². The van der Waals surface area contributed by atoms with Crippen LogP contribution in [0, 0.1) is 0 Å². The van der Waals surface area contributed by atoms with E-state index in [4.69, 9.17) is 20.9 Å². The van der Waals surface area contributed by atoms with Gasteiger partial charge in [0.15, 0.2) is 11.5 Å². The van der Waals surface area contributed by atoms with Crippen LogP contribution < -0.4 is 4.74 Å².